The van der Waals surface area contributed by atoms with Gasteiger partial charge in [0.1, 0.15) is 0 Å². The van der Waals surface area contributed by atoms with Crippen molar-refractivity contribution < 1.29 is 4.74 Å². The largest absolute Gasteiger partial charge is 0.376 e. The Hall–Kier alpha value is -2.94. The van der Waals surface area contributed by atoms with Crippen molar-refractivity contribution >= 4 is 8.07 Å². The molecule has 4 aromatic rings. The Morgan fingerprint density at radius 1 is 0.512 bits per heavy atom. The van der Waals surface area contributed by atoms with Gasteiger partial charge in [0.05, 0.1) is 13.7 Å². The Labute approximate surface area is 249 Å². The summed E-state index contributed by atoms with van der Waals surface area (Å²) in [6.07, 6.45) is 7.75. The van der Waals surface area contributed by atoms with Crippen molar-refractivity contribution in [1.82, 2.24) is 0 Å². The molecule has 2 aliphatic rings. The minimum Gasteiger partial charge on any atom is -0.376 e. The van der Waals surface area contributed by atoms with Gasteiger partial charge < -0.3 is 4.74 Å². The van der Waals surface area contributed by atoms with E-state index in [4.69, 9.17) is 4.74 Å². The zero-order chi connectivity index (χ0) is 28.5. The Balaban J connectivity index is 1.30. The molecule has 2 aliphatic carbocycles. The highest BCUT2D eigenvalue weighted by Crippen LogP contribution is 2.58. The van der Waals surface area contributed by atoms with Gasteiger partial charge in [-0.05, 0) is 71.7 Å². The van der Waals surface area contributed by atoms with E-state index in [1.807, 2.05) is 0 Å². The van der Waals surface area contributed by atoms with Crippen molar-refractivity contribution in [1.29, 1.82) is 0 Å². The Bertz CT molecular complexity index is 1310. The van der Waals surface area contributed by atoms with Crippen LogP contribution in [0, 0.1) is 0 Å². The lowest BCUT2D eigenvalue weighted by molar-refractivity contribution is -0.00474. The molecular formula is C39H46OSi. The van der Waals surface area contributed by atoms with E-state index in [1.54, 1.807) is 22.3 Å². The summed E-state index contributed by atoms with van der Waals surface area (Å²) in [4.78, 5) is 0. The lowest BCUT2D eigenvalue weighted by atomic mass is 10.1. The van der Waals surface area contributed by atoms with Gasteiger partial charge >= 0.3 is 0 Å². The Morgan fingerprint density at radius 2 is 0.854 bits per heavy atom. The van der Waals surface area contributed by atoms with Crippen molar-refractivity contribution in [3.63, 3.8) is 0 Å². The third-order valence-corrected chi connectivity index (χ3v) is 14.9. The van der Waals surface area contributed by atoms with Crippen LogP contribution in [0.15, 0.2) is 97.1 Å². The number of rotatable bonds is 11. The van der Waals surface area contributed by atoms with E-state index in [9.17, 15) is 0 Å². The van der Waals surface area contributed by atoms with Crippen LogP contribution in [0.5, 0.6) is 0 Å². The molecule has 0 saturated carbocycles. The summed E-state index contributed by atoms with van der Waals surface area (Å²) in [5.41, 5.74) is 13.1. The summed E-state index contributed by atoms with van der Waals surface area (Å²) in [7, 11) is -2.01. The molecule has 0 aliphatic heterocycles. The molecule has 0 fully saturated rings. The first kappa shape index (κ1) is 28.2. The predicted octanol–water partition coefficient (Wildman–Crippen LogP) is 10.9. The Kier molecular flexibility index (Phi) is 8.07. The molecule has 6 rings (SSSR count). The fraction of sp³-hybridized carbons (Fsp3) is 0.385. The lowest BCUT2D eigenvalue weighted by Crippen LogP contribution is -2.45. The Morgan fingerprint density at radius 3 is 1.24 bits per heavy atom. The molecule has 0 atom stereocenters. The second-order valence-electron chi connectivity index (χ2n) is 13.6. The molecule has 0 saturated heterocycles. The van der Waals surface area contributed by atoms with E-state index in [-0.39, 0.29) is 5.60 Å². The normalized spacial score (nSPS) is 14.5. The molecule has 4 aromatic carbocycles. The molecule has 1 nitrogen and oxygen atoms in total. The highest BCUT2D eigenvalue weighted by Gasteiger charge is 2.51. The van der Waals surface area contributed by atoms with Gasteiger partial charge in [-0.1, -0.05) is 142 Å². The van der Waals surface area contributed by atoms with Gasteiger partial charge in [0.25, 0.3) is 0 Å². The number of hydrogen-bond donors (Lipinski definition) is 0. The maximum Gasteiger partial charge on any atom is 0.0761 e. The second-order valence-corrected chi connectivity index (χ2v) is 18.2. The van der Waals surface area contributed by atoms with Crippen LogP contribution < -0.4 is 0 Å². The van der Waals surface area contributed by atoms with Gasteiger partial charge in [-0.25, -0.2) is 0 Å². The monoisotopic (exact) mass is 558 g/mol. The van der Waals surface area contributed by atoms with Gasteiger partial charge in [-0.15, -0.1) is 0 Å². The first-order valence-corrected chi connectivity index (χ1v) is 18.7. The van der Waals surface area contributed by atoms with Crippen molar-refractivity contribution in [2.45, 2.75) is 88.6 Å². The highest BCUT2D eigenvalue weighted by atomic mass is 28.3. The van der Waals surface area contributed by atoms with Crippen LogP contribution in [0.4, 0.5) is 0 Å². The van der Waals surface area contributed by atoms with Gasteiger partial charge in [0.15, 0.2) is 0 Å². The molecule has 0 heterocycles. The molecule has 0 amide bonds. The maximum absolute atomic E-state index is 5.94. The molecule has 41 heavy (non-hydrogen) atoms. The number of unbranched alkanes of at least 4 members (excludes halogenated alkanes) is 5. The number of benzene rings is 4. The average Bonchev–Trinajstić information content (AvgIpc) is 3.50. The minimum atomic E-state index is -2.01. The third-order valence-electron chi connectivity index (χ3n) is 9.63. The van der Waals surface area contributed by atoms with Crippen LogP contribution in [0.3, 0.4) is 0 Å². The van der Waals surface area contributed by atoms with Crippen molar-refractivity contribution in [2.24, 2.45) is 0 Å². The minimum absolute atomic E-state index is 0.0238. The smallest absolute Gasteiger partial charge is 0.0761 e. The number of hydrogen-bond acceptors (Lipinski definition) is 1. The number of ether oxygens (including phenoxy) is 1. The molecule has 0 aromatic heterocycles. The van der Waals surface area contributed by atoms with Gasteiger partial charge in [-0.2, -0.15) is 0 Å². The van der Waals surface area contributed by atoms with Crippen molar-refractivity contribution in [3.05, 3.63) is 119 Å². The predicted molar refractivity (Wildman–Crippen MR) is 177 cm³/mol. The van der Waals surface area contributed by atoms with Crippen LogP contribution in [0.25, 0.3) is 22.3 Å². The molecule has 0 radical (unpaired) electrons. The lowest BCUT2D eigenvalue weighted by Gasteiger charge is -2.41. The van der Waals surface area contributed by atoms with Crippen molar-refractivity contribution in [2.75, 3.05) is 6.61 Å². The molecule has 2 heteroatoms. The van der Waals surface area contributed by atoms with Crippen LogP contribution in [0.1, 0.15) is 92.6 Å². The molecule has 212 valence electrons. The molecule has 0 unspecified atom stereocenters. The summed E-state index contributed by atoms with van der Waals surface area (Å²) in [6.45, 7) is 10.1. The standard InChI is InChI=1S/C39H46OSi/c1-39(2,3)40-27-17-7-5-6-8-18-28-41(4,37-33-23-13-9-19-29(33)30-20-10-14-24-34(30)37)38-35-25-15-11-21-31(35)32-22-12-16-26-36(32)38/h9-16,19-26,37-38H,5-8,17-18,27-28H2,1-4H3. The van der Waals surface area contributed by atoms with Crippen LogP contribution in [-0.4, -0.2) is 20.3 Å². The zero-order valence-corrected chi connectivity index (χ0v) is 26.5. The second kappa shape index (κ2) is 11.7. The van der Waals surface area contributed by atoms with E-state index in [0.29, 0.717) is 11.1 Å². The van der Waals surface area contributed by atoms with Crippen LogP contribution >= 0.6 is 0 Å². The summed E-state index contributed by atoms with van der Waals surface area (Å²) >= 11 is 0. The average molecular weight is 559 g/mol. The molecular weight excluding hydrogens is 513 g/mol. The number of fused-ring (bicyclic) bond motifs is 6. The van der Waals surface area contributed by atoms with E-state index in [0.717, 1.165) is 6.61 Å². The van der Waals surface area contributed by atoms with Crippen LogP contribution in [-0.2, 0) is 4.74 Å². The third kappa shape index (κ3) is 5.49. The zero-order valence-electron chi connectivity index (χ0n) is 25.5. The van der Waals surface area contributed by atoms with E-state index in [1.165, 1.54) is 66.8 Å². The SMILES string of the molecule is CC(C)(C)OCCCCCCCC[Si](C)(C1c2ccccc2-c2ccccc21)C1c2ccccc2-c2ccccc21. The fourth-order valence-corrected chi connectivity index (χ4v) is 13.7. The molecule has 0 N–H and O–H groups in total. The maximum atomic E-state index is 5.94. The first-order valence-electron chi connectivity index (χ1n) is 15.9. The van der Waals surface area contributed by atoms with E-state index in [2.05, 4.69) is 124 Å². The molecule has 0 spiro atoms. The van der Waals surface area contributed by atoms with Gasteiger partial charge in [0.2, 0.25) is 0 Å². The van der Waals surface area contributed by atoms with E-state index < -0.39 is 8.07 Å². The van der Waals surface area contributed by atoms with Crippen molar-refractivity contribution in [3.8, 4) is 22.3 Å². The van der Waals surface area contributed by atoms with Gasteiger partial charge in [-0.3, -0.25) is 0 Å². The fourth-order valence-electron chi connectivity index (χ4n) is 7.88. The quantitative estimate of drug-likeness (QED) is 0.131. The van der Waals surface area contributed by atoms with Crippen LogP contribution in [0.2, 0.25) is 12.6 Å². The molecule has 0 bridgehead atoms. The summed E-state index contributed by atoms with van der Waals surface area (Å²) < 4.78 is 5.94. The first-order chi connectivity index (χ1) is 19.9. The summed E-state index contributed by atoms with van der Waals surface area (Å²) in [6, 6.07) is 38.6. The highest BCUT2D eigenvalue weighted by molar-refractivity contribution is 6.83. The summed E-state index contributed by atoms with van der Waals surface area (Å²) in [5.74, 6) is 0. The van der Waals surface area contributed by atoms with Gasteiger partial charge in [0, 0.05) is 17.7 Å². The topological polar surface area (TPSA) is 9.23 Å². The van der Waals surface area contributed by atoms with E-state index >= 15 is 0 Å². The summed E-state index contributed by atoms with van der Waals surface area (Å²) in [5, 5.41) is 0.